The van der Waals surface area contributed by atoms with E-state index in [1.54, 1.807) is 24.3 Å². The standard InChI is InChI=1S/C16H23NO5/c1-4-5-10-22-13-8-6-12(7-9-13)15(19)17-14(11(2)18)16(20)21-3/h6-9,11,14,18H,4-5,10H2,1-3H3,(H,17,19)/t11-,14+/m1/s1. The molecule has 0 heterocycles. The van der Waals surface area contributed by atoms with E-state index in [0.29, 0.717) is 17.9 Å². The highest BCUT2D eigenvalue weighted by molar-refractivity contribution is 5.97. The maximum absolute atomic E-state index is 12.1. The summed E-state index contributed by atoms with van der Waals surface area (Å²) in [6.45, 7) is 4.12. The maximum atomic E-state index is 12.1. The predicted octanol–water partition coefficient (Wildman–Crippen LogP) is 1.52. The lowest BCUT2D eigenvalue weighted by atomic mass is 10.1. The van der Waals surface area contributed by atoms with Crippen molar-refractivity contribution in [2.75, 3.05) is 13.7 Å². The number of hydrogen-bond donors (Lipinski definition) is 2. The summed E-state index contributed by atoms with van der Waals surface area (Å²) < 4.78 is 10.1. The molecule has 0 aliphatic rings. The quantitative estimate of drug-likeness (QED) is 0.562. The highest BCUT2D eigenvalue weighted by Gasteiger charge is 2.26. The second-order valence-corrected chi connectivity index (χ2v) is 4.94. The number of methoxy groups -OCH3 is 1. The van der Waals surface area contributed by atoms with Crippen LogP contribution in [0.15, 0.2) is 24.3 Å². The normalized spacial score (nSPS) is 13.1. The van der Waals surface area contributed by atoms with Crippen molar-refractivity contribution in [2.24, 2.45) is 0 Å². The third-order valence-corrected chi connectivity index (χ3v) is 3.11. The van der Waals surface area contributed by atoms with Gasteiger partial charge in [0.25, 0.3) is 5.91 Å². The van der Waals surface area contributed by atoms with E-state index in [2.05, 4.69) is 17.0 Å². The van der Waals surface area contributed by atoms with E-state index in [-0.39, 0.29) is 0 Å². The average Bonchev–Trinajstić information content (AvgIpc) is 2.52. The van der Waals surface area contributed by atoms with Crippen LogP contribution in [-0.2, 0) is 9.53 Å². The van der Waals surface area contributed by atoms with E-state index in [1.165, 1.54) is 14.0 Å². The number of aliphatic hydroxyl groups is 1. The molecule has 0 saturated carbocycles. The van der Waals surface area contributed by atoms with Crippen LogP contribution in [0.25, 0.3) is 0 Å². The third-order valence-electron chi connectivity index (χ3n) is 3.11. The molecule has 6 nitrogen and oxygen atoms in total. The van der Waals surface area contributed by atoms with E-state index in [0.717, 1.165) is 12.8 Å². The van der Waals surface area contributed by atoms with Crippen LogP contribution in [0.3, 0.4) is 0 Å². The SMILES string of the molecule is CCCCOc1ccc(C(=O)N[C@H](C(=O)OC)[C@@H](C)O)cc1. The Morgan fingerprint density at radius 3 is 2.41 bits per heavy atom. The number of unbranched alkanes of at least 4 members (excludes halogenated alkanes) is 1. The zero-order valence-electron chi connectivity index (χ0n) is 13.2. The van der Waals surface area contributed by atoms with Crippen molar-refractivity contribution in [1.82, 2.24) is 5.32 Å². The topological polar surface area (TPSA) is 84.9 Å². The summed E-state index contributed by atoms with van der Waals surface area (Å²) in [5, 5.41) is 12.0. The van der Waals surface area contributed by atoms with E-state index < -0.39 is 24.0 Å². The lowest BCUT2D eigenvalue weighted by Gasteiger charge is -2.19. The van der Waals surface area contributed by atoms with Crippen LogP contribution < -0.4 is 10.1 Å². The molecule has 0 aliphatic heterocycles. The number of rotatable bonds is 8. The first kappa shape index (κ1) is 18.0. The Balaban J connectivity index is 2.66. The second-order valence-electron chi connectivity index (χ2n) is 4.94. The molecule has 0 saturated heterocycles. The molecule has 1 aromatic carbocycles. The highest BCUT2D eigenvalue weighted by Crippen LogP contribution is 2.13. The van der Waals surface area contributed by atoms with Crippen molar-refractivity contribution in [3.8, 4) is 5.75 Å². The zero-order valence-corrected chi connectivity index (χ0v) is 13.2. The Labute approximate surface area is 130 Å². The van der Waals surface area contributed by atoms with Gasteiger partial charge >= 0.3 is 5.97 Å². The Morgan fingerprint density at radius 2 is 1.91 bits per heavy atom. The molecule has 0 aliphatic carbocycles. The first-order chi connectivity index (χ1) is 10.5. The Morgan fingerprint density at radius 1 is 1.27 bits per heavy atom. The van der Waals surface area contributed by atoms with Gasteiger partial charge in [-0.1, -0.05) is 13.3 Å². The molecule has 0 unspecified atom stereocenters. The molecule has 22 heavy (non-hydrogen) atoms. The number of aliphatic hydroxyl groups excluding tert-OH is 1. The molecule has 0 spiro atoms. The van der Waals surface area contributed by atoms with Crippen LogP contribution in [0.5, 0.6) is 5.75 Å². The monoisotopic (exact) mass is 309 g/mol. The van der Waals surface area contributed by atoms with Gasteiger partial charge in [-0.05, 0) is 37.6 Å². The Kier molecular flexibility index (Phi) is 7.39. The third kappa shape index (κ3) is 5.37. The van der Waals surface area contributed by atoms with Crippen molar-refractivity contribution >= 4 is 11.9 Å². The summed E-state index contributed by atoms with van der Waals surface area (Å²) in [7, 11) is 1.20. The number of carbonyl (C=O) groups is 2. The molecule has 0 fully saturated rings. The van der Waals surface area contributed by atoms with Crippen LogP contribution in [0, 0.1) is 0 Å². The number of nitrogens with one attached hydrogen (secondary N) is 1. The van der Waals surface area contributed by atoms with Gasteiger partial charge < -0.3 is 19.9 Å². The lowest BCUT2D eigenvalue weighted by molar-refractivity contribution is -0.145. The molecule has 6 heteroatoms. The van der Waals surface area contributed by atoms with Gasteiger partial charge in [-0.2, -0.15) is 0 Å². The molecule has 122 valence electrons. The van der Waals surface area contributed by atoms with Gasteiger partial charge in [-0.25, -0.2) is 4.79 Å². The fourth-order valence-corrected chi connectivity index (χ4v) is 1.76. The number of carbonyl (C=O) groups excluding carboxylic acids is 2. The average molecular weight is 309 g/mol. The van der Waals surface area contributed by atoms with Crippen LogP contribution >= 0.6 is 0 Å². The summed E-state index contributed by atoms with van der Waals surface area (Å²) >= 11 is 0. The number of amides is 1. The van der Waals surface area contributed by atoms with Gasteiger partial charge in [0.05, 0.1) is 19.8 Å². The first-order valence-corrected chi connectivity index (χ1v) is 7.29. The van der Waals surface area contributed by atoms with Crippen LogP contribution in [0.2, 0.25) is 0 Å². The highest BCUT2D eigenvalue weighted by atomic mass is 16.5. The Bertz CT molecular complexity index is 484. The predicted molar refractivity (Wildman–Crippen MR) is 81.8 cm³/mol. The van der Waals surface area contributed by atoms with Gasteiger partial charge in [0, 0.05) is 5.56 Å². The molecule has 1 rings (SSSR count). The minimum atomic E-state index is -1.10. The minimum Gasteiger partial charge on any atom is -0.494 e. The summed E-state index contributed by atoms with van der Waals surface area (Å²) in [4.78, 5) is 23.6. The zero-order chi connectivity index (χ0) is 16.5. The minimum absolute atomic E-state index is 0.373. The molecule has 0 aromatic heterocycles. The lowest BCUT2D eigenvalue weighted by Crippen LogP contribution is -2.48. The van der Waals surface area contributed by atoms with Crippen molar-refractivity contribution in [3.05, 3.63) is 29.8 Å². The summed E-state index contributed by atoms with van der Waals surface area (Å²) in [5.41, 5.74) is 0.373. The molecule has 0 bridgehead atoms. The largest absolute Gasteiger partial charge is 0.494 e. The molecular formula is C16H23NO5. The van der Waals surface area contributed by atoms with E-state index in [4.69, 9.17) is 4.74 Å². The van der Waals surface area contributed by atoms with Gasteiger partial charge in [0.2, 0.25) is 0 Å². The van der Waals surface area contributed by atoms with Crippen molar-refractivity contribution < 1.29 is 24.2 Å². The van der Waals surface area contributed by atoms with Gasteiger partial charge in [-0.3, -0.25) is 4.79 Å². The van der Waals surface area contributed by atoms with Gasteiger partial charge in [-0.15, -0.1) is 0 Å². The first-order valence-electron chi connectivity index (χ1n) is 7.29. The number of ether oxygens (including phenoxy) is 2. The van der Waals surface area contributed by atoms with Crippen molar-refractivity contribution in [2.45, 2.75) is 38.8 Å². The maximum Gasteiger partial charge on any atom is 0.331 e. The smallest absolute Gasteiger partial charge is 0.331 e. The van der Waals surface area contributed by atoms with Crippen LogP contribution in [-0.4, -0.2) is 42.8 Å². The fraction of sp³-hybridized carbons (Fsp3) is 0.500. The van der Waals surface area contributed by atoms with Crippen LogP contribution in [0.4, 0.5) is 0 Å². The van der Waals surface area contributed by atoms with E-state index >= 15 is 0 Å². The summed E-state index contributed by atoms with van der Waals surface area (Å²) in [6, 6.07) is 5.50. The van der Waals surface area contributed by atoms with Crippen molar-refractivity contribution in [3.63, 3.8) is 0 Å². The summed E-state index contributed by atoms with van der Waals surface area (Å²) in [6.07, 6.45) is 0.972. The van der Waals surface area contributed by atoms with Crippen molar-refractivity contribution in [1.29, 1.82) is 0 Å². The Hall–Kier alpha value is -2.08. The molecule has 2 atom stereocenters. The van der Waals surface area contributed by atoms with E-state index in [9.17, 15) is 14.7 Å². The molecule has 2 N–H and O–H groups in total. The van der Waals surface area contributed by atoms with E-state index in [1.807, 2.05) is 0 Å². The number of esters is 1. The molecule has 1 aromatic rings. The van der Waals surface area contributed by atoms with Gasteiger partial charge in [0.15, 0.2) is 6.04 Å². The summed E-state index contributed by atoms with van der Waals surface area (Å²) in [5.74, 6) is -0.468. The molecule has 0 radical (unpaired) electrons. The second kappa shape index (κ2) is 9.04. The van der Waals surface area contributed by atoms with Crippen LogP contribution in [0.1, 0.15) is 37.0 Å². The molecule has 1 amide bonds. The van der Waals surface area contributed by atoms with Gasteiger partial charge in [0.1, 0.15) is 5.75 Å². The number of benzene rings is 1. The fourth-order valence-electron chi connectivity index (χ4n) is 1.76. The number of hydrogen-bond acceptors (Lipinski definition) is 5. The molecular weight excluding hydrogens is 286 g/mol.